The van der Waals surface area contributed by atoms with Gasteiger partial charge in [-0.25, -0.2) is 10.2 Å². The number of fused-ring (bicyclic) bond motifs is 1. The molecular weight excluding hydrogens is 558 g/mol. The number of hydrazone groups is 1. The van der Waals surface area contributed by atoms with Crippen molar-refractivity contribution < 1.29 is 28.6 Å². The first-order valence-corrected chi connectivity index (χ1v) is 13.3. The van der Waals surface area contributed by atoms with E-state index in [4.69, 9.17) is 14.2 Å². The van der Waals surface area contributed by atoms with E-state index in [1.54, 1.807) is 24.3 Å². The maximum absolute atomic E-state index is 13.0. The minimum absolute atomic E-state index is 0.163. The summed E-state index contributed by atoms with van der Waals surface area (Å²) in [5.41, 5.74) is 3.69. The number of hydrogen-bond donors (Lipinski definition) is 2. The lowest BCUT2D eigenvalue weighted by atomic mass is 10.0. The SMILES string of the molecule is COc1ccc(C(=O)Oc2ccc3ccccc3c2C=NNC(=O)C(=O)Nc2nnc(-c3ccccc3)s2)cc1OC. The smallest absolute Gasteiger partial charge is 0.343 e. The summed E-state index contributed by atoms with van der Waals surface area (Å²) >= 11 is 1.13. The van der Waals surface area contributed by atoms with E-state index in [-0.39, 0.29) is 16.4 Å². The van der Waals surface area contributed by atoms with Crippen LogP contribution in [0.15, 0.2) is 90.0 Å². The van der Waals surface area contributed by atoms with Crippen molar-refractivity contribution in [3.05, 3.63) is 96.1 Å². The van der Waals surface area contributed by atoms with Gasteiger partial charge in [-0.15, -0.1) is 10.2 Å². The summed E-state index contributed by atoms with van der Waals surface area (Å²) < 4.78 is 16.2. The molecular formula is C30H23N5O6S. The number of rotatable bonds is 8. The minimum atomic E-state index is -1.02. The summed E-state index contributed by atoms with van der Waals surface area (Å²) in [4.78, 5) is 37.9. The van der Waals surface area contributed by atoms with Crippen molar-refractivity contribution in [1.82, 2.24) is 15.6 Å². The summed E-state index contributed by atoms with van der Waals surface area (Å²) in [6.07, 6.45) is 1.31. The number of aromatic nitrogens is 2. The van der Waals surface area contributed by atoms with E-state index in [2.05, 4.69) is 26.0 Å². The molecule has 1 aromatic heterocycles. The molecule has 42 heavy (non-hydrogen) atoms. The summed E-state index contributed by atoms with van der Waals surface area (Å²) in [5, 5.41) is 16.6. The van der Waals surface area contributed by atoms with Crippen LogP contribution in [0.3, 0.4) is 0 Å². The van der Waals surface area contributed by atoms with E-state index in [1.807, 2.05) is 54.6 Å². The first-order valence-electron chi connectivity index (χ1n) is 12.5. The standard InChI is InChI=1S/C30H23N5O6S/c1-39-24-15-13-20(16-25(24)40-2)29(38)41-23-14-12-18-8-6-7-11-21(18)22(23)17-31-33-27(37)26(36)32-30-35-34-28(42-30)19-9-4-3-5-10-19/h3-17H,1-2H3,(H,33,37)(H,32,35,36). The molecule has 0 bridgehead atoms. The van der Waals surface area contributed by atoms with E-state index >= 15 is 0 Å². The van der Waals surface area contributed by atoms with Gasteiger partial charge in [0.15, 0.2) is 11.5 Å². The lowest BCUT2D eigenvalue weighted by Gasteiger charge is -2.12. The average Bonchev–Trinajstić information content (AvgIpc) is 3.50. The zero-order valence-electron chi connectivity index (χ0n) is 22.4. The fourth-order valence-corrected chi connectivity index (χ4v) is 4.70. The van der Waals surface area contributed by atoms with E-state index < -0.39 is 17.8 Å². The molecule has 1 heterocycles. The molecule has 4 aromatic carbocycles. The quantitative estimate of drug-likeness (QED) is 0.0885. The second-order valence-electron chi connectivity index (χ2n) is 8.59. The van der Waals surface area contributed by atoms with Gasteiger partial charge in [0.05, 0.1) is 26.0 Å². The molecule has 5 rings (SSSR count). The Bertz CT molecular complexity index is 1810. The summed E-state index contributed by atoms with van der Waals surface area (Å²) in [6, 6.07) is 24.8. The largest absolute Gasteiger partial charge is 0.493 e. The van der Waals surface area contributed by atoms with Crippen molar-refractivity contribution in [3.8, 4) is 27.8 Å². The molecule has 12 heteroatoms. The Hall–Kier alpha value is -5.62. The molecule has 0 saturated carbocycles. The highest BCUT2D eigenvalue weighted by molar-refractivity contribution is 7.18. The summed E-state index contributed by atoms with van der Waals surface area (Å²) in [5.74, 6) is -1.60. The van der Waals surface area contributed by atoms with Crippen molar-refractivity contribution in [2.24, 2.45) is 5.10 Å². The zero-order valence-corrected chi connectivity index (χ0v) is 23.2. The number of carbonyl (C=O) groups is 3. The van der Waals surface area contributed by atoms with Gasteiger partial charge in [0.25, 0.3) is 0 Å². The number of hydrogen-bond acceptors (Lipinski definition) is 10. The average molecular weight is 582 g/mol. The fraction of sp³-hybridized carbons (Fsp3) is 0.0667. The molecule has 0 fully saturated rings. The molecule has 0 spiro atoms. The third kappa shape index (κ3) is 6.24. The molecule has 0 saturated heterocycles. The molecule has 0 atom stereocenters. The normalized spacial score (nSPS) is 10.8. The fourth-order valence-electron chi connectivity index (χ4n) is 3.95. The molecule has 0 unspecified atom stereocenters. The van der Waals surface area contributed by atoms with Gasteiger partial charge in [-0.1, -0.05) is 72.0 Å². The third-order valence-corrected chi connectivity index (χ3v) is 6.87. The predicted octanol–water partition coefficient (Wildman–Crippen LogP) is 4.68. The van der Waals surface area contributed by atoms with Crippen LogP contribution in [0.5, 0.6) is 17.2 Å². The molecule has 0 aliphatic rings. The van der Waals surface area contributed by atoms with Crippen LogP contribution in [0.25, 0.3) is 21.3 Å². The number of methoxy groups -OCH3 is 2. The molecule has 2 amide bonds. The van der Waals surface area contributed by atoms with E-state index in [0.29, 0.717) is 27.5 Å². The topological polar surface area (TPSA) is 141 Å². The molecule has 210 valence electrons. The van der Waals surface area contributed by atoms with Crippen molar-refractivity contribution in [1.29, 1.82) is 0 Å². The monoisotopic (exact) mass is 581 g/mol. The molecule has 11 nitrogen and oxygen atoms in total. The van der Waals surface area contributed by atoms with Gasteiger partial charge in [0.2, 0.25) is 5.13 Å². The van der Waals surface area contributed by atoms with Crippen LogP contribution >= 0.6 is 11.3 Å². The van der Waals surface area contributed by atoms with Crippen LogP contribution in [0.2, 0.25) is 0 Å². The van der Waals surface area contributed by atoms with E-state index in [9.17, 15) is 14.4 Å². The first kappa shape index (κ1) is 27.9. The number of esters is 1. The van der Waals surface area contributed by atoms with Gasteiger partial charge in [-0.3, -0.25) is 14.9 Å². The lowest BCUT2D eigenvalue weighted by molar-refractivity contribution is -0.136. The molecule has 2 N–H and O–H groups in total. The van der Waals surface area contributed by atoms with Gasteiger partial charge in [-0.2, -0.15) is 5.10 Å². The van der Waals surface area contributed by atoms with Crippen LogP contribution in [-0.4, -0.2) is 48.4 Å². The van der Waals surface area contributed by atoms with Crippen LogP contribution in [0.1, 0.15) is 15.9 Å². The second-order valence-corrected chi connectivity index (χ2v) is 9.57. The number of nitrogens with zero attached hydrogens (tertiary/aromatic N) is 3. The highest BCUT2D eigenvalue weighted by Crippen LogP contribution is 2.30. The number of anilines is 1. The third-order valence-electron chi connectivity index (χ3n) is 5.98. The summed E-state index contributed by atoms with van der Waals surface area (Å²) in [7, 11) is 2.96. The Morgan fingerprint density at radius 1 is 0.810 bits per heavy atom. The Morgan fingerprint density at radius 3 is 2.33 bits per heavy atom. The van der Waals surface area contributed by atoms with Crippen LogP contribution < -0.4 is 25.0 Å². The maximum Gasteiger partial charge on any atom is 0.343 e. The predicted molar refractivity (Wildman–Crippen MR) is 158 cm³/mol. The highest BCUT2D eigenvalue weighted by Gasteiger charge is 2.18. The molecule has 0 aliphatic heterocycles. The Morgan fingerprint density at radius 2 is 1.55 bits per heavy atom. The highest BCUT2D eigenvalue weighted by atomic mass is 32.1. The first-order chi connectivity index (χ1) is 20.5. The summed E-state index contributed by atoms with van der Waals surface area (Å²) in [6.45, 7) is 0. The van der Waals surface area contributed by atoms with Crippen molar-refractivity contribution >= 4 is 51.2 Å². The molecule has 5 aromatic rings. The Labute approximate surface area is 243 Å². The minimum Gasteiger partial charge on any atom is -0.493 e. The van der Waals surface area contributed by atoms with Gasteiger partial charge >= 0.3 is 17.8 Å². The van der Waals surface area contributed by atoms with Gasteiger partial charge < -0.3 is 14.2 Å². The number of benzene rings is 4. The number of amides is 2. The molecule has 0 radical (unpaired) electrons. The van der Waals surface area contributed by atoms with Gasteiger partial charge in [0.1, 0.15) is 10.8 Å². The molecule has 0 aliphatic carbocycles. The number of carbonyl (C=O) groups excluding carboxylic acids is 3. The Kier molecular flexibility index (Phi) is 8.45. The second kappa shape index (κ2) is 12.7. The lowest BCUT2D eigenvalue weighted by Crippen LogP contribution is -2.32. The van der Waals surface area contributed by atoms with Crippen molar-refractivity contribution in [3.63, 3.8) is 0 Å². The van der Waals surface area contributed by atoms with Crippen LogP contribution in [0.4, 0.5) is 5.13 Å². The van der Waals surface area contributed by atoms with Gasteiger partial charge in [-0.05, 0) is 35.0 Å². The van der Waals surface area contributed by atoms with Crippen molar-refractivity contribution in [2.75, 3.05) is 19.5 Å². The van der Waals surface area contributed by atoms with E-state index in [0.717, 1.165) is 22.3 Å². The van der Waals surface area contributed by atoms with Gasteiger partial charge in [0, 0.05) is 11.1 Å². The number of ether oxygens (including phenoxy) is 3. The zero-order chi connectivity index (χ0) is 29.5. The van der Waals surface area contributed by atoms with Crippen molar-refractivity contribution in [2.45, 2.75) is 0 Å². The van der Waals surface area contributed by atoms with E-state index in [1.165, 1.54) is 26.5 Å². The number of nitrogens with one attached hydrogen (secondary N) is 2. The van der Waals surface area contributed by atoms with Crippen LogP contribution in [0, 0.1) is 0 Å². The maximum atomic E-state index is 13.0. The Balaban J connectivity index is 1.31. The van der Waals surface area contributed by atoms with Crippen LogP contribution in [-0.2, 0) is 9.59 Å².